The lowest BCUT2D eigenvalue weighted by Gasteiger charge is -2.34. The molecule has 1 N–H and O–H groups in total. The van der Waals surface area contributed by atoms with Crippen molar-refractivity contribution in [2.45, 2.75) is 10.5 Å². The maximum Gasteiger partial charge on any atom is 0.173 e. The lowest BCUT2D eigenvalue weighted by molar-refractivity contribution is 0.244. The van der Waals surface area contributed by atoms with Crippen LogP contribution in [0.25, 0.3) is 11.0 Å². The maximum absolute atomic E-state index is 14.5. The first-order chi connectivity index (χ1) is 9.60. The highest BCUT2D eigenvalue weighted by atomic mass is 32.2. The number of nitrogens with zero attached hydrogens (tertiary/aromatic N) is 1. The molecule has 0 spiro atoms. The summed E-state index contributed by atoms with van der Waals surface area (Å²) < 4.78 is 33.8. The smallest absolute Gasteiger partial charge is 0.173 e. The average Bonchev–Trinajstić information content (AvgIpc) is 2.86. The Labute approximate surface area is 119 Å². The van der Waals surface area contributed by atoms with Gasteiger partial charge >= 0.3 is 0 Å². The highest BCUT2D eigenvalue weighted by molar-refractivity contribution is 8.00. The van der Waals surface area contributed by atoms with Crippen molar-refractivity contribution in [3.63, 3.8) is 0 Å². The molecule has 1 aromatic heterocycles. The predicted octanol–water partition coefficient (Wildman–Crippen LogP) is 2.79. The second-order valence-corrected chi connectivity index (χ2v) is 6.58. The van der Waals surface area contributed by atoms with E-state index in [0.717, 1.165) is 0 Å². The van der Waals surface area contributed by atoms with E-state index in [1.165, 1.54) is 24.1 Å². The van der Waals surface area contributed by atoms with E-state index in [-0.39, 0.29) is 28.3 Å². The monoisotopic (exact) mass is 299 g/mol. The molecule has 108 valence electrons. The fourth-order valence-corrected chi connectivity index (χ4v) is 4.22. The van der Waals surface area contributed by atoms with Gasteiger partial charge in [-0.3, -0.25) is 0 Å². The average molecular weight is 299 g/mol. The quantitative estimate of drug-likeness (QED) is 0.925. The molecule has 2 aromatic rings. The van der Waals surface area contributed by atoms with Gasteiger partial charge in [0.1, 0.15) is 5.82 Å². The largest absolute Gasteiger partial charge is 0.461 e. The third kappa shape index (κ3) is 2.32. The number of rotatable bonds is 2. The fraction of sp³-hybridized carbons (Fsp3) is 0.429. The second kappa shape index (κ2) is 5.35. The topological polar surface area (TPSA) is 36.6 Å². The van der Waals surface area contributed by atoms with Crippen molar-refractivity contribution < 1.29 is 18.3 Å². The van der Waals surface area contributed by atoms with E-state index < -0.39 is 11.6 Å². The number of halogens is 2. The van der Waals surface area contributed by atoms with Crippen LogP contribution in [0.4, 0.5) is 8.78 Å². The Balaban J connectivity index is 2.04. The van der Waals surface area contributed by atoms with Gasteiger partial charge < -0.3 is 14.4 Å². The molecule has 0 saturated carbocycles. The minimum Gasteiger partial charge on any atom is -0.461 e. The van der Waals surface area contributed by atoms with Crippen molar-refractivity contribution in [3.8, 4) is 0 Å². The standard InChI is InChI=1S/C14H15F2NO2S/c1-17-5-9(7-18)20-11(6-17)12-10(15)4-8-2-3-19-14(8)13(12)16/h2-4,9,11,18H,5-7H2,1H3. The molecule has 1 fully saturated rings. The maximum atomic E-state index is 14.5. The lowest BCUT2D eigenvalue weighted by Crippen LogP contribution is -2.38. The Morgan fingerprint density at radius 2 is 2.25 bits per heavy atom. The zero-order chi connectivity index (χ0) is 14.3. The first-order valence-corrected chi connectivity index (χ1v) is 7.34. The highest BCUT2D eigenvalue weighted by Crippen LogP contribution is 2.40. The van der Waals surface area contributed by atoms with Crippen molar-refractivity contribution in [2.75, 3.05) is 26.7 Å². The SMILES string of the molecule is CN1CC(CO)SC(c2c(F)cc3ccoc3c2F)C1. The summed E-state index contributed by atoms with van der Waals surface area (Å²) >= 11 is 1.41. The minimum atomic E-state index is -0.630. The Morgan fingerprint density at radius 3 is 3.00 bits per heavy atom. The first kappa shape index (κ1) is 13.9. The van der Waals surface area contributed by atoms with Gasteiger partial charge in [0.2, 0.25) is 0 Å². The van der Waals surface area contributed by atoms with Crippen LogP contribution >= 0.6 is 11.8 Å². The number of hydrogen-bond acceptors (Lipinski definition) is 4. The number of benzene rings is 1. The van der Waals surface area contributed by atoms with Crippen molar-refractivity contribution in [1.29, 1.82) is 0 Å². The van der Waals surface area contributed by atoms with Crippen LogP contribution in [0.3, 0.4) is 0 Å². The van der Waals surface area contributed by atoms with Crippen LogP contribution < -0.4 is 0 Å². The van der Waals surface area contributed by atoms with Crippen molar-refractivity contribution >= 4 is 22.7 Å². The van der Waals surface area contributed by atoms with Gasteiger partial charge in [-0.1, -0.05) is 0 Å². The van der Waals surface area contributed by atoms with Crippen molar-refractivity contribution in [2.24, 2.45) is 0 Å². The summed E-state index contributed by atoms with van der Waals surface area (Å²) in [6.45, 7) is 1.25. The summed E-state index contributed by atoms with van der Waals surface area (Å²) in [6, 6.07) is 2.85. The Hall–Kier alpha value is -1.11. The van der Waals surface area contributed by atoms with Gasteiger partial charge in [0.25, 0.3) is 0 Å². The zero-order valence-corrected chi connectivity index (χ0v) is 11.8. The summed E-state index contributed by atoms with van der Waals surface area (Å²) in [5, 5.41) is 9.34. The van der Waals surface area contributed by atoms with Gasteiger partial charge in [-0.05, 0) is 19.2 Å². The Bertz CT molecular complexity index is 631. The van der Waals surface area contributed by atoms with E-state index >= 15 is 0 Å². The van der Waals surface area contributed by atoms with E-state index in [9.17, 15) is 13.9 Å². The van der Waals surface area contributed by atoms with Gasteiger partial charge in [-0.25, -0.2) is 8.78 Å². The van der Waals surface area contributed by atoms with Crippen LogP contribution in [0.5, 0.6) is 0 Å². The predicted molar refractivity (Wildman–Crippen MR) is 74.8 cm³/mol. The third-order valence-electron chi connectivity index (χ3n) is 3.55. The summed E-state index contributed by atoms with van der Waals surface area (Å²) in [5.74, 6) is -1.18. The van der Waals surface area contributed by atoms with Crippen LogP contribution in [-0.4, -0.2) is 42.0 Å². The molecule has 2 atom stereocenters. The Morgan fingerprint density at radius 1 is 1.45 bits per heavy atom. The van der Waals surface area contributed by atoms with Crippen LogP contribution in [0.15, 0.2) is 22.8 Å². The number of aliphatic hydroxyl groups is 1. The molecule has 1 aliphatic rings. The highest BCUT2D eigenvalue weighted by Gasteiger charge is 2.31. The van der Waals surface area contributed by atoms with Gasteiger partial charge in [0.05, 0.1) is 12.9 Å². The second-order valence-electron chi connectivity index (χ2n) is 5.08. The van der Waals surface area contributed by atoms with E-state index in [1.807, 2.05) is 11.9 Å². The normalized spacial score (nSPS) is 24.4. The molecular weight excluding hydrogens is 284 g/mol. The summed E-state index contributed by atoms with van der Waals surface area (Å²) in [7, 11) is 1.89. The number of thioether (sulfide) groups is 1. The third-order valence-corrected chi connectivity index (χ3v) is 4.94. The molecular formula is C14H15F2NO2S. The van der Waals surface area contributed by atoms with Gasteiger partial charge in [-0.15, -0.1) is 11.8 Å². The number of aliphatic hydroxyl groups excluding tert-OH is 1. The molecule has 3 nitrogen and oxygen atoms in total. The fourth-order valence-electron chi connectivity index (χ4n) is 2.63. The molecule has 0 amide bonds. The molecule has 2 heterocycles. The van der Waals surface area contributed by atoms with Crippen molar-refractivity contribution in [1.82, 2.24) is 4.90 Å². The molecule has 0 bridgehead atoms. The van der Waals surface area contributed by atoms with E-state index in [2.05, 4.69) is 0 Å². The van der Waals surface area contributed by atoms with Crippen molar-refractivity contribution in [3.05, 3.63) is 35.6 Å². The van der Waals surface area contributed by atoms with Gasteiger partial charge in [-0.2, -0.15) is 0 Å². The van der Waals surface area contributed by atoms with E-state index in [1.54, 1.807) is 6.07 Å². The van der Waals surface area contributed by atoms with Crippen LogP contribution in [0.2, 0.25) is 0 Å². The molecule has 2 unspecified atom stereocenters. The van der Waals surface area contributed by atoms with Crippen LogP contribution in [-0.2, 0) is 0 Å². The molecule has 6 heteroatoms. The zero-order valence-electron chi connectivity index (χ0n) is 11.0. The minimum absolute atomic E-state index is 0.00224. The lowest BCUT2D eigenvalue weighted by atomic mass is 10.1. The first-order valence-electron chi connectivity index (χ1n) is 6.40. The number of hydrogen-bond donors (Lipinski definition) is 1. The van der Waals surface area contributed by atoms with Crippen LogP contribution in [0.1, 0.15) is 10.8 Å². The molecule has 20 heavy (non-hydrogen) atoms. The molecule has 0 aliphatic carbocycles. The molecule has 1 saturated heterocycles. The Kier molecular flexibility index (Phi) is 3.70. The number of fused-ring (bicyclic) bond motifs is 1. The van der Waals surface area contributed by atoms with E-state index in [4.69, 9.17) is 4.42 Å². The van der Waals surface area contributed by atoms with Gasteiger partial charge in [0.15, 0.2) is 11.4 Å². The summed E-state index contributed by atoms with van der Waals surface area (Å²) in [6.07, 6.45) is 1.35. The molecule has 0 radical (unpaired) electrons. The number of likely N-dealkylation sites (N-methyl/N-ethyl adjacent to an activating group) is 1. The molecule has 1 aliphatic heterocycles. The summed E-state index contributed by atoms with van der Waals surface area (Å²) in [4.78, 5) is 1.98. The molecule has 1 aromatic carbocycles. The van der Waals surface area contributed by atoms with E-state index in [0.29, 0.717) is 18.5 Å². The number of furan rings is 1. The summed E-state index contributed by atoms with van der Waals surface area (Å²) in [5.41, 5.74) is 0.137. The van der Waals surface area contributed by atoms with Crippen LogP contribution in [0, 0.1) is 11.6 Å². The van der Waals surface area contributed by atoms with Gasteiger partial charge in [0, 0.05) is 34.5 Å². The molecule has 3 rings (SSSR count).